The molecule has 2 aliphatic rings. The van der Waals surface area contributed by atoms with E-state index in [2.05, 4.69) is 21.3 Å². The molecule has 0 bridgehead atoms. The molecule has 1 saturated carbocycles. The van der Waals surface area contributed by atoms with Crippen molar-refractivity contribution in [3.05, 3.63) is 34.8 Å². The minimum Gasteiger partial charge on any atom is -0.469 e. The van der Waals surface area contributed by atoms with Crippen LogP contribution in [-0.2, 0) is 33.7 Å². The molecule has 0 radical (unpaired) electrons. The molecule has 0 amide bonds. The molecule has 0 heterocycles. The Kier molecular flexibility index (Phi) is 12.8. The first-order valence-corrected chi connectivity index (χ1v) is 14.5. The topological polar surface area (TPSA) is 124 Å². The third kappa shape index (κ3) is 9.94. The van der Waals surface area contributed by atoms with Gasteiger partial charge in [0.2, 0.25) is 5.78 Å². The van der Waals surface area contributed by atoms with Gasteiger partial charge in [0, 0.05) is 30.8 Å². The number of carbonyl (C=O) groups is 3. The van der Waals surface area contributed by atoms with Crippen LogP contribution in [0.1, 0.15) is 70.6 Å². The van der Waals surface area contributed by atoms with E-state index in [0.29, 0.717) is 32.1 Å². The number of sulfone groups is 1. The van der Waals surface area contributed by atoms with E-state index in [1.807, 2.05) is 0 Å². The fourth-order valence-corrected chi connectivity index (χ4v) is 6.01. The van der Waals surface area contributed by atoms with Gasteiger partial charge in [-0.3, -0.25) is 14.4 Å². The van der Waals surface area contributed by atoms with Gasteiger partial charge in [0.1, 0.15) is 4.91 Å². The number of esters is 2. The van der Waals surface area contributed by atoms with Crippen molar-refractivity contribution in [3.8, 4) is 11.8 Å². The van der Waals surface area contributed by atoms with Crippen molar-refractivity contribution in [2.75, 3.05) is 20.0 Å². The molecule has 2 rings (SSSR count). The molecule has 1 fully saturated rings. The SMILES string of the molecule is COC(=O)CCCC#CC=C1C(=O)C(S(=O)(=O)CCCCCC(=O)OC)=CC1C=CC(O)C1CCCC1. The molecule has 0 spiro atoms. The molecule has 2 atom stereocenters. The van der Waals surface area contributed by atoms with E-state index in [9.17, 15) is 27.9 Å². The number of Topliss-reactive ketones (excluding diaryl/α,β-unsaturated/α-hetero) is 1. The van der Waals surface area contributed by atoms with Crippen molar-refractivity contribution in [1.29, 1.82) is 0 Å². The third-order valence-electron chi connectivity index (χ3n) is 6.67. The van der Waals surface area contributed by atoms with Gasteiger partial charge in [-0.2, -0.15) is 0 Å². The quantitative estimate of drug-likeness (QED) is 0.125. The highest BCUT2D eigenvalue weighted by atomic mass is 32.2. The van der Waals surface area contributed by atoms with Crippen LogP contribution in [0.2, 0.25) is 0 Å². The summed E-state index contributed by atoms with van der Waals surface area (Å²) in [6.45, 7) is 0. The zero-order valence-corrected chi connectivity index (χ0v) is 22.6. The average Bonchev–Trinajstić information content (AvgIpc) is 3.53. The van der Waals surface area contributed by atoms with Crippen LogP contribution in [0.5, 0.6) is 0 Å². The second kappa shape index (κ2) is 15.5. The Morgan fingerprint density at radius 2 is 1.73 bits per heavy atom. The molecule has 0 aliphatic heterocycles. The Bertz CT molecular complexity index is 1070. The largest absolute Gasteiger partial charge is 0.469 e. The van der Waals surface area contributed by atoms with Gasteiger partial charge in [-0.15, -0.1) is 0 Å². The fraction of sp³-hybridized carbons (Fsp3) is 0.607. The van der Waals surface area contributed by atoms with Gasteiger partial charge in [0.25, 0.3) is 0 Å². The first-order chi connectivity index (χ1) is 17.7. The summed E-state index contributed by atoms with van der Waals surface area (Å²) in [5, 5.41) is 10.5. The predicted molar refractivity (Wildman–Crippen MR) is 140 cm³/mol. The lowest BCUT2D eigenvalue weighted by Crippen LogP contribution is -2.15. The van der Waals surface area contributed by atoms with E-state index < -0.39 is 27.6 Å². The van der Waals surface area contributed by atoms with E-state index in [-0.39, 0.29) is 46.9 Å². The van der Waals surface area contributed by atoms with E-state index in [1.54, 1.807) is 12.2 Å². The van der Waals surface area contributed by atoms with Crippen LogP contribution < -0.4 is 0 Å². The van der Waals surface area contributed by atoms with Crippen LogP contribution in [-0.4, -0.2) is 57.3 Å². The number of allylic oxidation sites excluding steroid dienone is 5. The molecular formula is C28H38O8S. The van der Waals surface area contributed by atoms with Crippen LogP contribution in [0, 0.1) is 23.7 Å². The van der Waals surface area contributed by atoms with Crippen molar-refractivity contribution in [1.82, 2.24) is 0 Å². The molecule has 0 aromatic heterocycles. The summed E-state index contributed by atoms with van der Waals surface area (Å²) in [5.41, 5.74) is 0.250. The first-order valence-electron chi connectivity index (χ1n) is 12.9. The molecule has 1 N–H and O–H groups in total. The number of aliphatic hydroxyl groups excluding tert-OH is 1. The fourth-order valence-electron chi connectivity index (χ4n) is 4.45. The van der Waals surface area contributed by atoms with Crippen LogP contribution in [0.3, 0.4) is 0 Å². The molecule has 2 aliphatic carbocycles. The number of hydrogen-bond donors (Lipinski definition) is 1. The average molecular weight is 535 g/mol. The summed E-state index contributed by atoms with van der Waals surface area (Å²) in [4.78, 5) is 35.3. The van der Waals surface area contributed by atoms with E-state index in [4.69, 9.17) is 0 Å². The number of methoxy groups -OCH3 is 2. The second-order valence-corrected chi connectivity index (χ2v) is 11.4. The van der Waals surface area contributed by atoms with Crippen LogP contribution in [0.4, 0.5) is 0 Å². The molecule has 37 heavy (non-hydrogen) atoms. The highest BCUT2D eigenvalue weighted by Gasteiger charge is 2.36. The second-order valence-electron chi connectivity index (χ2n) is 9.36. The van der Waals surface area contributed by atoms with Gasteiger partial charge < -0.3 is 14.6 Å². The Labute approximate surface area is 220 Å². The minimum absolute atomic E-state index is 0.174. The third-order valence-corrected chi connectivity index (χ3v) is 8.49. The summed E-state index contributed by atoms with van der Waals surface area (Å²) in [5.74, 6) is 3.84. The van der Waals surface area contributed by atoms with Gasteiger partial charge >= 0.3 is 11.9 Å². The highest BCUT2D eigenvalue weighted by molar-refractivity contribution is 7.96. The Morgan fingerprint density at radius 1 is 1.08 bits per heavy atom. The standard InChI is InChI=1S/C28H38O8S/c1-35-26(30)15-7-4-3-6-14-23-22(17-18-24(29)21-12-9-10-13-21)20-25(28(23)32)37(33,34)19-11-5-8-16-27(31)36-2/h14,17-18,20-22,24,29H,4-5,7-13,15-16,19H2,1-2H3. The zero-order chi connectivity index (χ0) is 27.3. The van der Waals surface area contributed by atoms with Gasteiger partial charge in [-0.25, -0.2) is 8.42 Å². The van der Waals surface area contributed by atoms with Crippen molar-refractivity contribution in [3.63, 3.8) is 0 Å². The van der Waals surface area contributed by atoms with Gasteiger partial charge in [-0.05, 0) is 44.1 Å². The summed E-state index contributed by atoms with van der Waals surface area (Å²) in [6.07, 6.45) is 12.4. The maximum Gasteiger partial charge on any atom is 0.305 e. The van der Waals surface area contributed by atoms with Crippen LogP contribution >= 0.6 is 0 Å². The molecule has 8 nitrogen and oxygen atoms in total. The van der Waals surface area contributed by atoms with E-state index in [0.717, 1.165) is 25.7 Å². The Balaban J connectivity index is 2.12. The summed E-state index contributed by atoms with van der Waals surface area (Å²) in [7, 11) is -1.20. The maximum atomic E-state index is 13.1. The lowest BCUT2D eigenvalue weighted by Gasteiger charge is -2.14. The van der Waals surface area contributed by atoms with Crippen molar-refractivity contribution in [2.45, 2.75) is 76.7 Å². The van der Waals surface area contributed by atoms with Crippen LogP contribution in [0.25, 0.3) is 0 Å². The maximum absolute atomic E-state index is 13.1. The van der Waals surface area contributed by atoms with Crippen molar-refractivity contribution < 1.29 is 37.4 Å². The number of carbonyl (C=O) groups excluding carboxylic acids is 3. The molecule has 0 saturated heterocycles. The number of aliphatic hydroxyl groups is 1. The van der Waals surface area contributed by atoms with Gasteiger partial charge in [0.05, 0.1) is 26.1 Å². The van der Waals surface area contributed by atoms with Gasteiger partial charge in [0.15, 0.2) is 9.84 Å². The summed E-state index contributed by atoms with van der Waals surface area (Å²) >= 11 is 0. The first kappa shape index (κ1) is 30.5. The normalized spacial score (nSPS) is 20.1. The minimum atomic E-state index is -3.83. The lowest BCUT2D eigenvalue weighted by atomic mass is 9.96. The van der Waals surface area contributed by atoms with Crippen LogP contribution in [0.15, 0.2) is 34.8 Å². The monoisotopic (exact) mass is 534 g/mol. The molecule has 0 aromatic carbocycles. The van der Waals surface area contributed by atoms with Gasteiger partial charge in [-0.1, -0.05) is 49.3 Å². The molecule has 9 heteroatoms. The summed E-state index contributed by atoms with van der Waals surface area (Å²) in [6, 6.07) is 0. The van der Waals surface area contributed by atoms with Crippen molar-refractivity contribution >= 4 is 27.6 Å². The highest BCUT2D eigenvalue weighted by Crippen LogP contribution is 2.33. The zero-order valence-electron chi connectivity index (χ0n) is 21.7. The number of unbranched alkanes of at least 4 members (excludes halogenated alkanes) is 3. The lowest BCUT2D eigenvalue weighted by molar-refractivity contribution is -0.141. The molecule has 0 aromatic rings. The number of ether oxygens (including phenoxy) is 2. The smallest absolute Gasteiger partial charge is 0.305 e. The number of hydrogen-bond acceptors (Lipinski definition) is 8. The number of ketones is 1. The molecule has 2 unspecified atom stereocenters. The summed E-state index contributed by atoms with van der Waals surface area (Å²) < 4.78 is 35.1. The molecule has 204 valence electrons. The molecular weight excluding hydrogens is 496 g/mol. The Hall–Kier alpha value is -2.70. The number of rotatable bonds is 13. The van der Waals surface area contributed by atoms with E-state index in [1.165, 1.54) is 26.4 Å². The van der Waals surface area contributed by atoms with E-state index >= 15 is 0 Å². The van der Waals surface area contributed by atoms with Crippen molar-refractivity contribution in [2.24, 2.45) is 11.8 Å². The Morgan fingerprint density at radius 3 is 2.38 bits per heavy atom. The predicted octanol–water partition coefficient (Wildman–Crippen LogP) is 3.60.